The van der Waals surface area contributed by atoms with Crippen molar-refractivity contribution in [1.29, 1.82) is 0 Å². The summed E-state index contributed by atoms with van der Waals surface area (Å²) < 4.78 is 1.20. The lowest BCUT2D eigenvalue weighted by Gasteiger charge is -2.13. The highest BCUT2D eigenvalue weighted by molar-refractivity contribution is 9.11. The fourth-order valence-corrected chi connectivity index (χ4v) is 2.82. The minimum absolute atomic E-state index is 0.139. The molecule has 0 N–H and O–H groups in total. The van der Waals surface area contributed by atoms with Crippen LogP contribution in [0.4, 0.5) is 0 Å². The van der Waals surface area contributed by atoms with Crippen molar-refractivity contribution in [2.45, 2.75) is 52.4 Å². The van der Waals surface area contributed by atoms with E-state index in [0.29, 0.717) is 6.42 Å². The lowest BCUT2D eigenvalue weighted by Crippen LogP contribution is -2.04. The minimum Gasteiger partial charge on any atom is -0.295 e. The van der Waals surface area contributed by atoms with Crippen LogP contribution in [0.3, 0.4) is 0 Å². The zero-order valence-electron chi connectivity index (χ0n) is 13.2. The van der Waals surface area contributed by atoms with Gasteiger partial charge in [0, 0.05) is 12.3 Å². The van der Waals surface area contributed by atoms with Crippen LogP contribution in [0.2, 0.25) is 0 Å². The maximum absolute atomic E-state index is 12.1. The monoisotopic (exact) mass is 348 g/mol. The summed E-state index contributed by atoms with van der Waals surface area (Å²) in [6, 6.07) is 10.3. The Hall–Kier alpha value is -1.15. The van der Waals surface area contributed by atoms with E-state index in [1.165, 1.54) is 22.9 Å². The summed E-state index contributed by atoms with van der Waals surface area (Å²) in [6.07, 6.45) is 7.84. The first-order chi connectivity index (χ1) is 10.0. The number of unbranched alkanes of at least 4 members (excludes halogenated alkanes) is 1. The van der Waals surface area contributed by atoms with Crippen molar-refractivity contribution < 1.29 is 4.79 Å². The van der Waals surface area contributed by atoms with Gasteiger partial charge in [-0.05, 0) is 42.8 Å². The van der Waals surface area contributed by atoms with Crippen LogP contribution in [0.15, 0.2) is 52.5 Å². The second-order valence-corrected chi connectivity index (χ2v) is 6.64. The first-order valence-electron chi connectivity index (χ1n) is 7.61. The number of ketones is 1. The van der Waals surface area contributed by atoms with Crippen LogP contribution in [-0.4, -0.2) is 5.78 Å². The molecule has 1 unspecified atom stereocenters. The fraction of sp³-hybridized carbons (Fsp3) is 0.421. The van der Waals surface area contributed by atoms with E-state index in [1.54, 1.807) is 6.08 Å². The molecule has 0 fully saturated rings. The molecule has 0 heterocycles. The number of halogens is 1. The van der Waals surface area contributed by atoms with Gasteiger partial charge in [0.2, 0.25) is 0 Å². The average Bonchev–Trinajstić information content (AvgIpc) is 2.44. The Kier molecular flexibility index (Phi) is 8.29. The maximum atomic E-state index is 12.1. The Bertz CT molecular complexity index is 496. The lowest BCUT2D eigenvalue weighted by molar-refractivity contribution is -0.114. The highest BCUT2D eigenvalue weighted by Crippen LogP contribution is 2.27. The number of hydrogen-bond acceptors (Lipinski definition) is 1. The molecular formula is C19H25BrO. The quantitative estimate of drug-likeness (QED) is 0.513. The van der Waals surface area contributed by atoms with Crippen molar-refractivity contribution in [1.82, 2.24) is 0 Å². The molecule has 0 spiro atoms. The fourth-order valence-electron chi connectivity index (χ4n) is 2.22. The van der Waals surface area contributed by atoms with Crippen LogP contribution in [0.25, 0.3) is 0 Å². The van der Waals surface area contributed by atoms with Crippen molar-refractivity contribution in [3.05, 3.63) is 58.1 Å². The van der Waals surface area contributed by atoms with Gasteiger partial charge in [0.25, 0.3) is 0 Å². The van der Waals surface area contributed by atoms with E-state index in [9.17, 15) is 4.79 Å². The van der Waals surface area contributed by atoms with Crippen molar-refractivity contribution in [3.63, 3.8) is 0 Å². The van der Waals surface area contributed by atoms with Crippen molar-refractivity contribution in [2.75, 3.05) is 0 Å². The normalized spacial score (nSPS) is 12.9. The summed E-state index contributed by atoms with van der Waals surface area (Å²) in [7, 11) is 0. The molecule has 1 nitrogen and oxygen atoms in total. The van der Waals surface area contributed by atoms with Gasteiger partial charge in [-0.1, -0.05) is 71.3 Å². The van der Waals surface area contributed by atoms with Crippen LogP contribution in [0.5, 0.6) is 0 Å². The van der Waals surface area contributed by atoms with Crippen LogP contribution in [-0.2, 0) is 4.79 Å². The smallest absolute Gasteiger partial charge is 0.156 e. The summed E-state index contributed by atoms with van der Waals surface area (Å²) in [5.74, 6) is 0.330. The molecule has 0 aliphatic carbocycles. The summed E-state index contributed by atoms with van der Waals surface area (Å²) >= 11 is 3.65. The molecule has 1 aromatic carbocycles. The van der Waals surface area contributed by atoms with E-state index in [2.05, 4.69) is 41.1 Å². The maximum Gasteiger partial charge on any atom is 0.156 e. The predicted octanol–water partition coefficient (Wildman–Crippen LogP) is 6.16. The van der Waals surface area contributed by atoms with Gasteiger partial charge < -0.3 is 0 Å². The number of carbonyl (C=O) groups is 1. The predicted molar refractivity (Wildman–Crippen MR) is 94.8 cm³/mol. The van der Waals surface area contributed by atoms with Crippen LogP contribution in [0, 0.1) is 0 Å². The standard InChI is InChI=1S/C19H25BrO/c1-4-5-11-18(20)13-17(14-19(21)12-15(2)3)16-9-7-6-8-10-16/h6-10,12-13,17H,4-5,11,14H2,1-3H3/b18-13-. The zero-order valence-corrected chi connectivity index (χ0v) is 14.8. The summed E-state index contributed by atoms with van der Waals surface area (Å²) in [5, 5.41) is 0. The number of benzene rings is 1. The lowest BCUT2D eigenvalue weighted by atomic mass is 9.92. The van der Waals surface area contributed by atoms with Crippen molar-refractivity contribution >= 4 is 21.7 Å². The molecule has 0 aliphatic rings. The average molecular weight is 349 g/mol. The molecule has 21 heavy (non-hydrogen) atoms. The summed E-state index contributed by atoms with van der Waals surface area (Å²) in [5.41, 5.74) is 2.25. The molecule has 0 aliphatic heterocycles. The molecule has 0 bridgehead atoms. The molecule has 0 saturated heterocycles. The second kappa shape index (κ2) is 9.73. The topological polar surface area (TPSA) is 17.1 Å². The molecule has 1 rings (SSSR count). The van der Waals surface area contributed by atoms with Crippen LogP contribution < -0.4 is 0 Å². The third-order valence-corrected chi connectivity index (χ3v) is 3.91. The zero-order chi connectivity index (χ0) is 15.7. The minimum atomic E-state index is 0.139. The van der Waals surface area contributed by atoms with Gasteiger partial charge >= 0.3 is 0 Å². The molecular weight excluding hydrogens is 324 g/mol. The highest BCUT2D eigenvalue weighted by Gasteiger charge is 2.13. The SMILES string of the molecule is CCCC/C(Br)=C/C(CC(=O)C=C(C)C)c1ccccc1. The number of hydrogen-bond donors (Lipinski definition) is 0. The summed E-state index contributed by atoms with van der Waals surface area (Å²) in [6.45, 7) is 6.11. The molecule has 0 saturated carbocycles. The Morgan fingerprint density at radius 2 is 1.90 bits per heavy atom. The largest absolute Gasteiger partial charge is 0.295 e. The van der Waals surface area contributed by atoms with Gasteiger partial charge in [-0.25, -0.2) is 0 Å². The van der Waals surface area contributed by atoms with E-state index >= 15 is 0 Å². The number of allylic oxidation sites excluding steroid dienone is 4. The Morgan fingerprint density at radius 3 is 2.48 bits per heavy atom. The van der Waals surface area contributed by atoms with E-state index in [0.717, 1.165) is 12.0 Å². The number of rotatable bonds is 8. The van der Waals surface area contributed by atoms with Gasteiger partial charge in [-0.2, -0.15) is 0 Å². The molecule has 0 amide bonds. The molecule has 2 heteroatoms. The Morgan fingerprint density at radius 1 is 1.24 bits per heavy atom. The number of carbonyl (C=O) groups excluding carboxylic acids is 1. The molecule has 114 valence electrons. The van der Waals surface area contributed by atoms with E-state index in [-0.39, 0.29) is 11.7 Å². The highest BCUT2D eigenvalue weighted by atomic mass is 79.9. The van der Waals surface area contributed by atoms with E-state index < -0.39 is 0 Å². The van der Waals surface area contributed by atoms with Crippen LogP contribution in [0.1, 0.15) is 57.9 Å². The molecule has 1 aromatic rings. The van der Waals surface area contributed by atoms with Crippen LogP contribution >= 0.6 is 15.9 Å². The molecule has 1 atom stereocenters. The molecule has 0 radical (unpaired) electrons. The van der Waals surface area contributed by atoms with Crippen molar-refractivity contribution in [3.8, 4) is 0 Å². The van der Waals surface area contributed by atoms with E-state index in [1.807, 2.05) is 32.0 Å². The van der Waals surface area contributed by atoms with Gasteiger partial charge in [-0.15, -0.1) is 0 Å². The summed E-state index contributed by atoms with van der Waals surface area (Å²) in [4.78, 5) is 12.1. The first kappa shape index (κ1) is 17.9. The van der Waals surface area contributed by atoms with Gasteiger partial charge in [0.15, 0.2) is 5.78 Å². The third kappa shape index (κ3) is 7.42. The Balaban J connectivity index is 2.90. The Labute approximate surface area is 137 Å². The van der Waals surface area contributed by atoms with Gasteiger partial charge in [-0.3, -0.25) is 4.79 Å². The van der Waals surface area contributed by atoms with Crippen molar-refractivity contribution in [2.24, 2.45) is 0 Å². The van der Waals surface area contributed by atoms with Gasteiger partial charge in [0.05, 0.1) is 0 Å². The second-order valence-electron chi connectivity index (χ2n) is 5.63. The van der Waals surface area contributed by atoms with Gasteiger partial charge in [0.1, 0.15) is 0 Å². The van der Waals surface area contributed by atoms with E-state index in [4.69, 9.17) is 0 Å². The molecule has 0 aromatic heterocycles. The third-order valence-electron chi connectivity index (χ3n) is 3.25. The first-order valence-corrected chi connectivity index (χ1v) is 8.41.